The van der Waals surface area contributed by atoms with Crippen LogP contribution in [0.1, 0.15) is 39.0 Å². The molecule has 0 radical (unpaired) electrons. The predicted molar refractivity (Wildman–Crippen MR) is 48.4 cm³/mol. The summed E-state index contributed by atoms with van der Waals surface area (Å²) in [6.45, 7) is 2.20. The molecule has 1 fully saturated rings. The highest BCUT2D eigenvalue weighted by molar-refractivity contribution is 5.33. The summed E-state index contributed by atoms with van der Waals surface area (Å²) in [4.78, 5) is 0. The van der Waals surface area contributed by atoms with Crippen LogP contribution in [0.5, 0.6) is 0 Å². The van der Waals surface area contributed by atoms with E-state index in [4.69, 9.17) is 0 Å². The van der Waals surface area contributed by atoms with Gasteiger partial charge in [-0.2, -0.15) is 0 Å². The van der Waals surface area contributed by atoms with E-state index in [1.54, 1.807) is 11.1 Å². The van der Waals surface area contributed by atoms with Gasteiger partial charge in [-0.3, -0.25) is 0 Å². The zero-order valence-electron chi connectivity index (χ0n) is 7.27. The average molecular weight is 148 g/mol. The van der Waals surface area contributed by atoms with E-state index in [-0.39, 0.29) is 0 Å². The molecule has 0 aromatic rings. The maximum absolute atomic E-state index is 2.36. The maximum Gasteiger partial charge on any atom is -0.0248 e. The number of hydrogen-bond donors (Lipinski definition) is 0. The Bertz CT molecular complexity index is 208. The number of rotatable bonds is 2. The molecule has 0 nitrogen and oxygen atoms in total. The largest absolute Gasteiger partial charge is 0.0845 e. The van der Waals surface area contributed by atoms with E-state index in [2.05, 4.69) is 19.1 Å². The summed E-state index contributed by atoms with van der Waals surface area (Å²) in [6, 6.07) is 0. The molecule has 2 bridgehead atoms. The summed E-state index contributed by atoms with van der Waals surface area (Å²) in [7, 11) is 0. The van der Waals surface area contributed by atoms with Gasteiger partial charge in [-0.1, -0.05) is 24.6 Å². The van der Waals surface area contributed by atoms with Gasteiger partial charge >= 0.3 is 0 Å². The topological polar surface area (TPSA) is 0 Å². The van der Waals surface area contributed by atoms with E-state index < -0.39 is 0 Å². The first kappa shape index (κ1) is 7.15. The monoisotopic (exact) mass is 148 g/mol. The normalized spacial score (nSPS) is 29.4. The fourth-order valence-electron chi connectivity index (χ4n) is 2.30. The molecule has 0 heterocycles. The molecule has 2 rings (SSSR count). The van der Waals surface area contributed by atoms with Crippen LogP contribution in [0.3, 0.4) is 0 Å². The molecule has 0 spiro atoms. The zero-order chi connectivity index (χ0) is 7.68. The number of fused-ring (bicyclic) bond motifs is 2. The highest BCUT2D eigenvalue weighted by Crippen LogP contribution is 2.44. The van der Waals surface area contributed by atoms with E-state index in [0.29, 0.717) is 0 Å². The Kier molecular flexibility index (Phi) is 1.85. The van der Waals surface area contributed by atoms with Crippen molar-refractivity contribution in [2.45, 2.75) is 39.0 Å². The fourth-order valence-corrected chi connectivity index (χ4v) is 2.30. The molecule has 60 valence electrons. The van der Waals surface area contributed by atoms with Crippen LogP contribution in [0.4, 0.5) is 0 Å². The Morgan fingerprint density at radius 1 is 1.45 bits per heavy atom. The third-order valence-electron chi connectivity index (χ3n) is 2.91. The van der Waals surface area contributed by atoms with Crippen LogP contribution in [0.15, 0.2) is 23.3 Å². The summed E-state index contributed by atoms with van der Waals surface area (Å²) in [5, 5.41) is 0. The van der Waals surface area contributed by atoms with Crippen LogP contribution in [0, 0.1) is 5.92 Å². The van der Waals surface area contributed by atoms with Crippen molar-refractivity contribution in [3.8, 4) is 0 Å². The van der Waals surface area contributed by atoms with Crippen LogP contribution in [0.2, 0.25) is 0 Å². The minimum Gasteiger partial charge on any atom is -0.0845 e. The molecule has 2 aliphatic carbocycles. The molecule has 0 saturated heterocycles. The van der Waals surface area contributed by atoms with Gasteiger partial charge in [0.25, 0.3) is 0 Å². The Labute approximate surface area is 69.0 Å². The van der Waals surface area contributed by atoms with Crippen LogP contribution in [-0.4, -0.2) is 0 Å². The van der Waals surface area contributed by atoms with Crippen LogP contribution in [-0.2, 0) is 0 Å². The van der Waals surface area contributed by atoms with Gasteiger partial charge in [0, 0.05) is 0 Å². The van der Waals surface area contributed by atoms with Crippen molar-refractivity contribution in [3.05, 3.63) is 23.3 Å². The molecular formula is C11H16. The summed E-state index contributed by atoms with van der Waals surface area (Å²) in [5.41, 5.74) is 3.43. The van der Waals surface area contributed by atoms with Crippen molar-refractivity contribution in [2.75, 3.05) is 0 Å². The molecule has 0 aromatic carbocycles. The second-order valence-corrected chi connectivity index (χ2v) is 3.75. The Hall–Kier alpha value is -0.520. The second kappa shape index (κ2) is 2.84. The lowest BCUT2D eigenvalue weighted by atomic mass is 9.99. The molecule has 11 heavy (non-hydrogen) atoms. The first-order valence-electron chi connectivity index (χ1n) is 4.77. The molecule has 1 unspecified atom stereocenters. The van der Waals surface area contributed by atoms with Crippen molar-refractivity contribution in [3.63, 3.8) is 0 Å². The first-order chi connectivity index (χ1) is 5.40. The van der Waals surface area contributed by atoms with Crippen LogP contribution < -0.4 is 0 Å². The minimum atomic E-state index is 1.03. The minimum absolute atomic E-state index is 1.03. The molecule has 1 atom stereocenters. The van der Waals surface area contributed by atoms with E-state index in [1.165, 1.54) is 32.1 Å². The van der Waals surface area contributed by atoms with Gasteiger partial charge < -0.3 is 0 Å². The van der Waals surface area contributed by atoms with Gasteiger partial charge in [0.15, 0.2) is 0 Å². The highest BCUT2D eigenvalue weighted by atomic mass is 14.3. The molecule has 0 amide bonds. The fraction of sp³-hybridized carbons (Fsp3) is 0.636. The third-order valence-corrected chi connectivity index (χ3v) is 2.91. The third kappa shape index (κ3) is 1.26. The zero-order valence-corrected chi connectivity index (χ0v) is 7.27. The predicted octanol–water partition coefficient (Wildman–Crippen LogP) is 3.45. The van der Waals surface area contributed by atoms with Crippen molar-refractivity contribution in [2.24, 2.45) is 5.92 Å². The second-order valence-electron chi connectivity index (χ2n) is 3.75. The first-order valence-corrected chi connectivity index (χ1v) is 4.77. The van der Waals surface area contributed by atoms with Crippen molar-refractivity contribution in [1.29, 1.82) is 0 Å². The lowest BCUT2D eigenvalue weighted by Crippen LogP contribution is -1.91. The SMILES string of the molecule is CCC=CC1=C2CCC(C1)C2. The molecule has 2 aliphatic rings. The van der Waals surface area contributed by atoms with Gasteiger partial charge in [-0.25, -0.2) is 0 Å². The van der Waals surface area contributed by atoms with Crippen LogP contribution in [0.25, 0.3) is 0 Å². The van der Waals surface area contributed by atoms with E-state index in [0.717, 1.165) is 5.92 Å². The molecular weight excluding hydrogens is 132 g/mol. The molecule has 0 aliphatic heterocycles. The van der Waals surface area contributed by atoms with E-state index in [9.17, 15) is 0 Å². The number of hydrogen-bond acceptors (Lipinski definition) is 0. The standard InChI is InChI=1S/C11H16/c1-2-3-4-10-7-9-5-6-11(10)8-9/h3-4,9H,2,5-8H2,1H3. The Morgan fingerprint density at radius 2 is 2.36 bits per heavy atom. The average Bonchev–Trinajstić information content (AvgIpc) is 2.60. The molecule has 1 saturated carbocycles. The molecule has 0 N–H and O–H groups in total. The van der Waals surface area contributed by atoms with Crippen LogP contribution >= 0.6 is 0 Å². The summed E-state index contributed by atoms with van der Waals surface area (Å²) in [5.74, 6) is 1.03. The van der Waals surface area contributed by atoms with Crippen molar-refractivity contribution in [1.82, 2.24) is 0 Å². The van der Waals surface area contributed by atoms with E-state index in [1.807, 2.05) is 0 Å². The maximum atomic E-state index is 2.36. The van der Waals surface area contributed by atoms with E-state index >= 15 is 0 Å². The van der Waals surface area contributed by atoms with Gasteiger partial charge in [0.1, 0.15) is 0 Å². The quantitative estimate of drug-likeness (QED) is 0.562. The van der Waals surface area contributed by atoms with Gasteiger partial charge in [0.05, 0.1) is 0 Å². The van der Waals surface area contributed by atoms with Crippen molar-refractivity contribution >= 4 is 0 Å². The van der Waals surface area contributed by atoms with Gasteiger partial charge in [0.2, 0.25) is 0 Å². The molecule has 0 heteroatoms. The lowest BCUT2D eigenvalue weighted by Gasteiger charge is -2.07. The van der Waals surface area contributed by atoms with Gasteiger partial charge in [-0.15, -0.1) is 0 Å². The lowest BCUT2D eigenvalue weighted by molar-refractivity contribution is 0.567. The van der Waals surface area contributed by atoms with Crippen molar-refractivity contribution < 1.29 is 0 Å². The Balaban J connectivity index is 2.09. The number of allylic oxidation sites excluding steroid dienone is 4. The smallest absolute Gasteiger partial charge is 0.0248 e. The summed E-state index contributed by atoms with van der Waals surface area (Å²) in [6.07, 6.45) is 11.5. The summed E-state index contributed by atoms with van der Waals surface area (Å²) < 4.78 is 0. The molecule has 0 aromatic heterocycles. The summed E-state index contributed by atoms with van der Waals surface area (Å²) >= 11 is 0. The Morgan fingerprint density at radius 3 is 2.91 bits per heavy atom. The van der Waals surface area contributed by atoms with Gasteiger partial charge in [-0.05, 0) is 43.6 Å². The highest BCUT2D eigenvalue weighted by Gasteiger charge is 2.28.